The van der Waals surface area contributed by atoms with Crippen molar-refractivity contribution in [3.63, 3.8) is 0 Å². The van der Waals surface area contributed by atoms with E-state index in [1.54, 1.807) is 23.9 Å². The first-order chi connectivity index (χ1) is 16.1. The lowest BCUT2D eigenvalue weighted by atomic mass is 10.1. The van der Waals surface area contributed by atoms with Crippen LogP contribution in [0.15, 0.2) is 65.7 Å². The lowest BCUT2D eigenvalue weighted by molar-refractivity contribution is 0.0363. The van der Waals surface area contributed by atoms with Crippen LogP contribution < -0.4 is 10.9 Å². The number of carbonyl (C=O) groups excluding carboxylic acids is 1. The summed E-state index contributed by atoms with van der Waals surface area (Å²) in [6, 6.07) is 15.5. The number of hydrogen-bond donors (Lipinski definition) is 1. The molecule has 1 aliphatic rings. The molecular weight excluding hydrogens is 416 g/mol. The zero-order chi connectivity index (χ0) is 23.0. The van der Waals surface area contributed by atoms with Crippen molar-refractivity contribution in [3.05, 3.63) is 93.7 Å². The summed E-state index contributed by atoms with van der Waals surface area (Å²) in [5.41, 5.74) is 3.50. The zero-order valence-electron chi connectivity index (χ0n) is 19.0. The number of nitrogens with zero attached hydrogens (tertiary/aromatic N) is 3. The van der Waals surface area contributed by atoms with Crippen LogP contribution in [0.1, 0.15) is 27.2 Å². The van der Waals surface area contributed by atoms with E-state index in [1.165, 1.54) is 5.56 Å². The predicted molar refractivity (Wildman–Crippen MR) is 129 cm³/mol. The lowest BCUT2D eigenvalue weighted by Gasteiger charge is -2.26. The van der Waals surface area contributed by atoms with Gasteiger partial charge in [-0.3, -0.25) is 19.5 Å². The van der Waals surface area contributed by atoms with Crippen LogP contribution in [0.5, 0.6) is 0 Å². The Bertz CT molecular complexity index is 1120. The van der Waals surface area contributed by atoms with Gasteiger partial charge in [0.1, 0.15) is 5.56 Å². The van der Waals surface area contributed by atoms with E-state index in [4.69, 9.17) is 4.74 Å². The molecule has 3 aromatic rings. The molecule has 0 atom stereocenters. The van der Waals surface area contributed by atoms with Gasteiger partial charge in [-0.1, -0.05) is 18.2 Å². The van der Waals surface area contributed by atoms with E-state index in [9.17, 15) is 9.59 Å². The number of aryl methyl sites for hydroxylation is 3. The Labute approximate surface area is 194 Å². The molecule has 0 saturated carbocycles. The minimum absolute atomic E-state index is 0.193. The fourth-order valence-electron chi connectivity index (χ4n) is 3.96. The van der Waals surface area contributed by atoms with Crippen LogP contribution >= 0.6 is 0 Å². The van der Waals surface area contributed by atoms with Crippen molar-refractivity contribution in [2.45, 2.75) is 26.3 Å². The summed E-state index contributed by atoms with van der Waals surface area (Å²) in [5.74, 6) is -0.376. The van der Waals surface area contributed by atoms with Crippen molar-refractivity contribution in [3.8, 4) is 0 Å². The van der Waals surface area contributed by atoms with Gasteiger partial charge in [-0.2, -0.15) is 0 Å². The van der Waals surface area contributed by atoms with Crippen molar-refractivity contribution in [1.82, 2.24) is 14.5 Å². The second-order valence-corrected chi connectivity index (χ2v) is 8.30. The molecule has 0 unspecified atom stereocenters. The molecule has 1 aromatic carbocycles. The van der Waals surface area contributed by atoms with Gasteiger partial charge in [0.25, 0.3) is 11.5 Å². The van der Waals surface area contributed by atoms with Crippen molar-refractivity contribution in [2.24, 2.45) is 0 Å². The van der Waals surface area contributed by atoms with Gasteiger partial charge in [-0.15, -0.1) is 0 Å². The topological polar surface area (TPSA) is 76.5 Å². The maximum absolute atomic E-state index is 13.0. The van der Waals surface area contributed by atoms with Gasteiger partial charge >= 0.3 is 0 Å². The Morgan fingerprint density at radius 2 is 1.82 bits per heavy atom. The SMILES string of the molecule is Cc1ccn(CCN2CCOCC2)c(=O)c1C(=O)Nc1ccc(CCc2ccccn2)cc1. The molecule has 172 valence electrons. The van der Waals surface area contributed by atoms with E-state index in [0.29, 0.717) is 17.8 Å². The van der Waals surface area contributed by atoms with Gasteiger partial charge in [0.05, 0.1) is 13.2 Å². The van der Waals surface area contributed by atoms with Gasteiger partial charge in [0.15, 0.2) is 0 Å². The molecule has 0 aliphatic carbocycles. The molecule has 1 aliphatic heterocycles. The van der Waals surface area contributed by atoms with Gasteiger partial charge in [-0.05, 0) is 61.2 Å². The van der Waals surface area contributed by atoms with E-state index in [1.807, 2.05) is 48.5 Å². The summed E-state index contributed by atoms with van der Waals surface area (Å²) in [4.78, 5) is 32.6. The molecule has 1 amide bonds. The molecule has 0 spiro atoms. The molecular formula is C26H30N4O3. The third kappa shape index (κ3) is 6.15. The second-order valence-electron chi connectivity index (χ2n) is 8.30. The Morgan fingerprint density at radius 1 is 1.03 bits per heavy atom. The summed E-state index contributed by atoms with van der Waals surface area (Å²) < 4.78 is 7.00. The number of hydrogen-bond acceptors (Lipinski definition) is 5. The zero-order valence-corrected chi connectivity index (χ0v) is 19.0. The molecule has 7 nitrogen and oxygen atoms in total. The fraction of sp³-hybridized carbons (Fsp3) is 0.346. The van der Waals surface area contributed by atoms with Crippen LogP contribution in [0.2, 0.25) is 0 Å². The highest BCUT2D eigenvalue weighted by Gasteiger charge is 2.17. The lowest BCUT2D eigenvalue weighted by Crippen LogP contribution is -2.40. The van der Waals surface area contributed by atoms with E-state index < -0.39 is 0 Å². The minimum atomic E-state index is -0.376. The highest BCUT2D eigenvalue weighted by Crippen LogP contribution is 2.14. The molecule has 2 aromatic heterocycles. The average molecular weight is 447 g/mol. The average Bonchev–Trinajstić information content (AvgIpc) is 2.84. The summed E-state index contributed by atoms with van der Waals surface area (Å²) in [5, 5.41) is 2.88. The second kappa shape index (κ2) is 11.0. The number of rotatable bonds is 8. The number of benzene rings is 1. The van der Waals surface area contributed by atoms with Gasteiger partial charge in [0.2, 0.25) is 0 Å². The van der Waals surface area contributed by atoms with Gasteiger partial charge < -0.3 is 14.6 Å². The number of pyridine rings is 2. The fourth-order valence-corrected chi connectivity index (χ4v) is 3.96. The molecule has 0 radical (unpaired) electrons. The summed E-state index contributed by atoms with van der Waals surface area (Å²) >= 11 is 0. The minimum Gasteiger partial charge on any atom is -0.379 e. The van der Waals surface area contributed by atoms with Gasteiger partial charge in [-0.25, -0.2) is 0 Å². The highest BCUT2D eigenvalue weighted by molar-refractivity contribution is 6.05. The maximum atomic E-state index is 13.0. The molecule has 1 saturated heterocycles. The smallest absolute Gasteiger partial charge is 0.263 e. The highest BCUT2D eigenvalue weighted by atomic mass is 16.5. The Morgan fingerprint density at radius 3 is 2.55 bits per heavy atom. The summed E-state index contributed by atoms with van der Waals surface area (Å²) in [6.07, 6.45) is 5.30. The Kier molecular flexibility index (Phi) is 7.65. The van der Waals surface area contributed by atoms with Gasteiger partial charge in [0, 0.05) is 50.0 Å². The number of aromatic nitrogens is 2. The van der Waals surface area contributed by atoms with E-state index in [2.05, 4.69) is 15.2 Å². The number of carbonyl (C=O) groups is 1. The summed E-state index contributed by atoms with van der Waals surface area (Å²) in [6.45, 7) is 6.27. The largest absolute Gasteiger partial charge is 0.379 e. The van der Waals surface area contributed by atoms with Crippen molar-refractivity contribution in [1.29, 1.82) is 0 Å². The van der Waals surface area contributed by atoms with Crippen LogP contribution in [-0.4, -0.2) is 53.2 Å². The third-order valence-corrected chi connectivity index (χ3v) is 5.97. The van der Waals surface area contributed by atoms with Crippen LogP contribution in [0, 0.1) is 6.92 Å². The number of ether oxygens (including phenoxy) is 1. The van der Waals surface area contributed by atoms with Crippen LogP contribution in [0.25, 0.3) is 0 Å². The molecule has 1 N–H and O–H groups in total. The maximum Gasteiger partial charge on any atom is 0.263 e. The van der Waals surface area contributed by atoms with Crippen LogP contribution in [0.4, 0.5) is 5.69 Å². The van der Waals surface area contributed by atoms with Crippen LogP contribution in [-0.2, 0) is 24.1 Å². The molecule has 33 heavy (non-hydrogen) atoms. The van der Waals surface area contributed by atoms with Crippen molar-refractivity contribution < 1.29 is 9.53 Å². The molecule has 3 heterocycles. The van der Waals surface area contributed by atoms with Crippen LogP contribution in [0.3, 0.4) is 0 Å². The number of morpholine rings is 1. The van der Waals surface area contributed by atoms with Crippen molar-refractivity contribution >= 4 is 11.6 Å². The first kappa shape index (κ1) is 22.9. The normalized spacial score (nSPS) is 14.2. The van der Waals surface area contributed by atoms with E-state index in [-0.39, 0.29) is 17.0 Å². The number of nitrogens with one attached hydrogen (secondary N) is 1. The summed E-state index contributed by atoms with van der Waals surface area (Å²) in [7, 11) is 0. The first-order valence-electron chi connectivity index (χ1n) is 11.4. The molecule has 0 bridgehead atoms. The molecule has 4 rings (SSSR count). The monoisotopic (exact) mass is 446 g/mol. The first-order valence-corrected chi connectivity index (χ1v) is 11.4. The molecule has 7 heteroatoms. The Hall–Kier alpha value is -3.29. The van der Waals surface area contributed by atoms with Crippen molar-refractivity contribution in [2.75, 3.05) is 38.2 Å². The quantitative estimate of drug-likeness (QED) is 0.576. The number of amides is 1. The third-order valence-electron chi connectivity index (χ3n) is 5.97. The van der Waals surface area contributed by atoms with E-state index >= 15 is 0 Å². The van der Waals surface area contributed by atoms with E-state index in [0.717, 1.165) is 51.4 Å². The predicted octanol–water partition coefficient (Wildman–Crippen LogP) is 2.92. The molecule has 1 fully saturated rings. The standard InChI is InChI=1S/C26H30N4O3/c1-20-11-13-30(15-14-29-16-18-33-19-17-29)26(32)24(20)25(31)28-23-9-6-21(7-10-23)5-8-22-4-2-3-12-27-22/h2-4,6-7,9-13H,5,8,14-19H2,1H3,(H,28,31). The Balaban J connectivity index is 1.38. The number of anilines is 1.